The molecule has 27 heavy (non-hydrogen) atoms. The summed E-state index contributed by atoms with van der Waals surface area (Å²) in [6.07, 6.45) is 0. The van der Waals surface area contributed by atoms with Crippen molar-refractivity contribution in [3.63, 3.8) is 0 Å². The second-order valence-electron chi connectivity index (χ2n) is 6.07. The molecule has 8 heteroatoms. The number of rotatable bonds is 4. The van der Waals surface area contributed by atoms with Crippen molar-refractivity contribution in [3.05, 3.63) is 46.4 Å². The van der Waals surface area contributed by atoms with Gasteiger partial charge in [0.1, 0.15) is 11.5 Å². The predicted molar refractivity (Wildman–Crippen MR) is 109 cm³/mol. The lowest BCUT2D eigenvalue weighted by Gasteiger charge is -2.36. The largest absolute Gasteiger partial charge is 0.495 e. The normalized spacial score (nSPS) is 14.1. The summed E-state index contributed by atoms with van der Waals surface area (Å²) in [5.41, 5.74) is 1.61. The highest BCUT2D eigenvalue weighted by molar-refractivity contribution is 6.32. The van der Waals surface area contributed by atoms with Gasteiger partial charge in [-0.25, -0.2) is 4.79 Å². The number of carbonyl (C=O) groups excluding carboxylic acids is 1. The van der Waals surface area contributed by atoms with Crippen LogP contribution in [0.2, 0.25) is 10.0 Å². The third-order valence-electron chi connectivity index (χ3n) is 4.47. The van der Waals surface area contributed by atoms with Crippen LogP contribution < -0.4 is 19.7 Å². The first-order valence-electron chi connectivity index (χ1n) is 8.50. The highest BCUT2D eigenvalue weighted by Crippen LogP contribution is 2.36. The second-order valence-corrected chi connectivity index (χ2v) is 6.91. The molecule has 1 N–H and O–H groups in total. The number of methoxy groups -OCH3 is 2. The molecule has 0 bridgehead atoms. The summed E-state index contributed by atoms with van der Waals surface area (Å²) in [6.45, 7) is 2.71. The van der Waals surface area contributed by atoms with Gasteiger partial charge < -0.3 is 24.6 Å². The summed E-state index contributed by atoms with van der Waals surface area (Å²) in [5.74, 6) is 0.979. The van der Waals surface area contributed by atoms with Crippen molar-refractivity contribution in [1.29, 1.82) is 0 Å². The molecular weight excluding hydrogens is 389 g/mol. The van der Waals surface area contributed by atoms with Gasteiger partial charge in [0.05, 0.1) is 24.9 Å². The summed E-state index contributed by atoms with van der Waals surface area (Å²) < 4.78 is 10.5. The van der Waals surface area contributed by atoms with Crippen LogP contribution in [0, 0.1) is 0 Å². The Morgan fingerprint density at radius 3 is 2.19 bits per heavy atom. The molecule has 2 aromatic rings. The average molecular weight is 410 g/mol. The summed E-state index contributed by atoms with van der Waals surface area (Å²) in [5, 5.41) is 3.99. The molecule has 6 nitrogen and oxygen atoms in total. The van der Waals surface area contributed by atoms with Gasteiger partial charge in [-0.2, -0.15) is 0 Å². The molecule has 2 amide bonds. The first kappa shape index (κ1) is 19.5. The van der Waals surface area contributed by atoms with Gasteiger partial charge in [-0.3, -0.25) is 0 Å². The van der Waals surface area contributed by atoms with Crippen molar-refractivity contribution in [2.45, 2.75) is 0 Å². The fourth-order valence-corrected chi connectivity index (χ4v) is 3.34. The first-order chi connectivity index (χ1) is 13.0. The molecular formula is C19H21Cl2N3O3. The predicted octanol–water partition coefficient (Wildman–Crippen LogP) is 4.36. The van der Waals surface area contributed by atoms with E-state index in [1.807, 2.05) is 24.3 Å². The van der Waals surface area contributed by atoms with Crippen LogP contribution in [0.15, 0.2) is 36.4 Å². The van der Waals surface area contributed by atoms with E-state index in [1.54, 1.807) is 17.0 Å². The lowest BCUT2D eigenvalue weighted by atomic mass is 10.2. The van der Waals surface area contributed by atoms with Crippen LogP contribution in [0.1, 0.15) is 0 Å². The fraction of sp³-hybridized carbons (Fsp3) is 0.316. The standard InChI is InChI=1S/C19H21Cl2N3O3/c1-26-17-12-18(27-2)16(11-15(17)21)22-19(25)24-9-7-23(8-10-24)14-5-3-13(20)4-6-14/h3-6,11-12H,7-10H2,1-2H3,(H,22,25). The number of piperazine rings is 1. The Labute approximate surface area is 168 Å². The molecule has 0 aromatic heterocycles. The topological polar surface area (TPSA) is 54.0 Å². The zero-order valence-electron chi connectivity index (χ0n) is 15.2. The maximum atomic E-state index is 12.6. The van der Waals surface area contributed by atoms with Gasteiger partial charge >= 0.3 is 6.03 Å². The minimum Gasteiger partial charge on any atom is -0.495 e. The molecule has 1 fully saturated rings. The van der Waals surface area contributed by atoms with Crippen LogP contribution in [0.3, 0.4) is 0 Å². The summed E-state index contributed by atoms with van der Waals surface area (Å²) in [4.78, 5) is 16.6. The number of hydrogen-bond donors (Lipinski definition) is 1. The third-order valence-corrected chi connectivity index (χ3v) is 5.02. The number of carbonyl (C=O) groups is 1. The Morgan fingerprint density at radius 1 is 0.963 bits per heavy atom. The van der Waals surface area contributed by atoms with Crippen LogP contribution in [0.5, 0.6) is 11.5 Å². The van der Waals surface area contributed by atoms with Crippen molar-refractivity contribution in [1.82, 2.24) is 4.90 Å². The van der Waals surface area contributed by atoms with Crippen LogP contribution >= 0.6 is 23.2 Å². The molecule has 0 spiro atoms. The molecule has 0 radical (unpaired) electrons. The van der Waals surface area contributed by atoms with Gasteiger partial charge in [0.25, 0.3) is 0 Å². The van der Waals surface area contributed by atoms with E-state index in [9.17, 15) is 4.79 Å². The van der Waals surface area contributed by atoms with E-state index in [2.05, 4.69) is 10.2 Å². The van der Waals surface area contributed by atoms with E-state index in [1.165, 1.54) is 14.2 Å². The van der Waals surface area contributed by atoms with Crippen molar-refractivity contribution >= 4 is 40.6 Å². The number of halogens is 2. The van der Waals surface area contributed by atoms with Gasteiger partial charge in [-0.1, -0.05) is 23.2 Å². The average Bonchev–Trinajstić information content (AvgIpc) is 2.69. The molecule has 0 unspecified atom stereocenters. The molecule has 1 aliphatic rings. The Hall–Kier alpha value is -2.31. The van der Waals surface area contributed by atoms with Crippen molar-refractivity contribution in [2.24, 2.45) is 0 Å². The van der Waals surface area contributed by atoms with Crippen molar-refractivity contribution < 1.29 is 14.3 Å². The summed E-state index contributed by atoms with van der Waals surface area (Å²) >= 11 is 12.1. The molecule has 0 aliphatic carbocycles. The highest BCUT2D eigenvalue weighted by atomic mass is 35.5. The maximum Gasteiger partial charge on any atom is 0.322 e. The number of urea groups is 1. The number of amides is 2. The van der Waals surface area contributed by atoms with E-state index >= 15 is 0 Å². The number of anilines is 2. The second kappa shape index (κ2) is 8.59. The van der Waals surface area contributed by atoms with Crippen LogP contribution in [-0.2, 0) is 0 Å². The third kappa shape index (κ3) is 4.51. The Morgan fingerprint density at radius 2 is 1.59 bits per heavy atom. The van der Waals surface area contributed by atoms with Gasteiger partial charge in [-0.15, -0.1) is 0 Å². The Kier molecular flexibility index (Phi) is 6.19. The maximum absolute atomic E-state index is 12.6. The molecule has 3 rings (SSSR count). The van der Waals surface area contributed by atoms with Crippen LogP contribution in [-0.4, -0.2) is 51.3 Å². The zero-order chi connectivity index (χ0) is 19.4. The van der Waals surface area contributed by atoms with Crippen LogP contribution in [0.4, 0.5) is 16.2 Å². The number of nitrogens with one attached hydrogen (secondary N) is 1. The number of benzene rings is 2. The first-order valence-corrected chi connectivity index (χ1v) is 9.25. The highest BCUT2D eigenvalue weighted by Gasteiger charge is 2.22. The van der Waals surface area contributed by atoms with E-state index in [0.717, 1.165) is 18.8 Å². The molecule has 0 atom stereocenters. The smallest absolute Gasteiger partial charge is 0.322 e. The zero-order valence-corrected chi connectivity index (χ0v) is 16.7. The molecule has 1 saturated heterocycles. The van der Waals surface area contributed by atoms with Gasteiger partial charge in [0, 0.05) is 43.0 Å². The van der Waals surface area contributed by atoms with Crippen molar-refractivity contribution in [3.8, 4) is 11.5 Å². The minimum absolute atomic E-state index is 0.190. The summed E-state index contributed by atoms with van der Waals surface area (Å²) in [6, 6.07) is 10.8. The quantitative estimate of drug-likeness (QED) is 0.814. The molecule has 1 aliphatic heterocycles. The molecule has 1 heterocycles. The molecule has 2 aromatic carbocycles. The fourth-order valence-electron chi connectivity index (χ4n) is 2.97. The number of ether oxygens (including phenoxy) is 2. The number of nitrogens with zero attached hydrogens (tertiary/aromatic N) is 2. The molecule has 0 saturated carbocycles. The number of hydrogen-bond acceptors (Lipinski definition) is 4. The van der Waals surface area contributed by atoms with E-state index in [-0.39, 0.29) is 6.03 Å². The monoisotopic (exact) mass is 409 g/mol. The SMILES string of the molecule is COc1cc(OC)c(NC(=O)N2CCN(c3ccc(Cl)cc3)CC2)cc1Cl. The van der Waals surface area contributed by atoms with Gasteiger partial charge in [0.2, 0.25) is 0 Å². The minimum atomic E-state index is -0.190. The molecule has 144 valence electrons. The van der Waals surface area contributed by atoms with E-state index in [4.69, 9.17) is 32.7 Å². The Balaban J connectivity index is 1.63. The Bertz CT molecular complexity index is 807. The van der Waals surface area contributed by atoms with Gasteiger partial charge in [-0.05, 0) is 30.3 Å². The van der Waals surface area contributed by atoms with E-state index in [0.29, 0.717) is 40.3 Å². The van der Waals surface area contributed by atoms with E-state index < -0.39 is 0 Å². The lowest BCUT2D eigenvalue weighted by Crippen LogP contribution is -2.50. The van der Waals surface area contributed by atoms with Crippen LogP contribution in [0.25, 0.3) is 0 Å². The van der Waals surface area contributed by atoms with Gasteiger partial charge in [0.15, 0.2) is 0 Å². The lowest BCUT2D eigenvalue weighted by molar-refractivity contribution is 0.208. The van der Waals surface area contributed by atoms with Crippen molar-refractivity contribution in [2.75, 3.05) is 50.6 Å². The summed E-state index contributed by atoms with van der Waals surface area (Å²) in [7, 11) is 3.06.